The van der Waals surface area contributed by atoms with Crippen LogP contribution in [0.1, 0.15) is 16.1 Å². The maximum atomic E-state index is 12.4. The second-order valence-corrected chi connectivity index (χ2v) is 4.73. The van der Waals surface area contributed by atoms with Crippen LogP contribution in [0, 0.1) is 0 Å². The van der Waals surface area contributed by atoms with Crippen LogP contribution in [0.25, 0.3) is 11.0 Å². The molecule has 0 N–H and O–H groups in total. The Morgan fingerprint density at radius 3 is 2.70 bits per heavy atom. The smallest absolute Gasteiger partial charge is 0.228 e. The van der Waals surface area contributed by atoms with E-state index < -0.39 is 0 Å². The summed E-state index contributed by atoms with van der Waals surface area (Å²) in [6, 6.07) is 13.9. The van der Waals surface area contributed by atoms with E-state index in [1.54, 1.807) is 55.6 Å². The number of hydrogen-bond donors (Lipinski definition) is 0. The molecule has 0 aliphatic carbocycles. The Kier molecular flexibility index (Phi) is 3.20. The van der Waals surface area contributed by atoms with E-state index >= 15 is 0 Å². The van der Waals surface area contributed by atoms with E-state index in [1.165, 1.54) is 0 Å². The van der Waals surface area contributed by atoms with Crippen LogP contribution in [0.5, 0.6) is 5.75 Å². The molecule has 1 aromatic heterocycles. The maximum Gasteiger partial charge on any atom is 0.228 e. The summed E-state index contributed by atoms with van der Waals surface area (Å²) in [5.74, 6) is 0.697. The van der Waals surface area contributed by atoms with Crippen molar-refractivity contribution in [3.63, 3.8) is 0 Å². The standard InChI is InChI=1S/C16H11ClO3/c1-19-11-5-2-4-10(8-11)16(18)15-9-12-13(17)6-3-7-14(12)20-15/h2-9H,1H3. The summed E-state index contributed by atoms with van der Waals surface area (Å²) in [7, 11) is 1.56. The highest BCUT2D eigenvalue weighted by molar-refractivity contribution is 6.35. The molecule has 0 unspecified atom stereocenters. The number of carbonyl (C=O) groups excluding carboxylic acids is 1. The second kappa shape index (κ2) is 5.02. The van der Waals surface area contributed by atoms with E-state index in [-0.39, 0.29) is 11.5 Å². The summed E-state index contributed by atoms with van der Waals surface area (Å²) < 4.78 is 10.7. The summed E-state index contributed by atoms with van der Waals surface area (Å²) in [5.41, 5.74) is 1.11. The van der Waals surface area contributed by atoms with Crippen molar-refractivity contribution in [2.75, 3.05) is 7.11 Å². The molecule has 0 bridgehead atoms. The fourth-order valence-electron chi connectivity index (χ4n) is 2.04. The van der Waals surface area contributed by atoms with Gasteiger partial charge in [0.05, 0.1) is 12.1 Å². The molecule has 0 saturated carbocycles. The third-order valence-electron chi connectivity index (χ3n) is 3.06. The van der Waals surface area contributed by atoms with Gasteiger partial charge in [-0.15, -0.1) is 0 Å². The molecule has 1 heterocycles. The van der Waals surface area contributed by atoms with E-state index in [1.807, 2.05) is 0 Å². The Morgan fingerprint density at radius 2 is 1.95 bits per heavy atom. The Bertz CT molecular complexity index is 789. The Balaban J connectivity index is 2.05. The van der Waals surface area contributed by atoms with Gasteiger partial charge in [-0.2, -0.15) is 0 Å². The number of benzene rings is 2. The highest BCUT2D eigenvalue weighted by Gasteiger charge is 2.16. The van der Waals surface area contributed by atoms with Gasteiger partial charge in [-0.25, -0.2) is 0 Å². The number of ether oxygens (including phenoxy) is 1. The number of carbonyl (C=O) groups is 1. The zero-order chi connectivity index (χ0) is 14.1. The largest absolute Gasteiger partial charge is 0.497 e. The highest BCUT2D eigenvalue weighted by atomic mass is 35.5. The lowest BCUT2D eigenvalue weighted by Crippen LogP contribution is -1.99. The van der Waals surface area contributed by atoms with Crippen molar-refractivity contribution in [1.82, 2.24) is 0 Å². The molecule has 0 amide bonds. The van der Waals surface area contributed by atoms with E-state index in [2.05, 4.69) is 0 Å². The van der Waals surface area contributed by atoms with Crippen molar-refractivity contribution in [2.45, 2.75) is 0 Å². The van der Waals surface area contributed by atoms with Gasteiger partial charge in [-0.1, -0.05) is 29.8 Å². The van der Waals surface area contributed by atoms with E-state index in [9.17, 15) is 4.79 Å². The van der Waals surface area contributed by atoms with Gasteiger partial charge < -0.3 is 9.15 Å². The second-order valence-electron chi connectivity index (χ2n) is 4.32. The topological polar surface area (TPSA) is 39.4 Å². The number of rotatable bonds is 3. The molecule has 0 fully saturated rings. The van der Waals surface area contributed by atoms with Crippen LogP contribution >= 0.6 is 11.6 Å². The van der Waals surface area contributed by atoms with Gasteiger partial charge in [-0.3, -0.25) is 4.79 Å². The van der Waals surface area contributed by atoms with Gasteiger partial charge in [-0.05, 0) is 30.3 Å². The van der Waals surface area contributed by atoms with Gasteiger partial charge in [0, 0.05) is 10.9 Å². The Morgan fingerprint density at radius 1 is 1.15 bits per heavy atom. The number of furan rings is 1. The fourth-order valence-corrected chi connectivity index (χ4v) is 2.26. The molecular formula is C16H11ClO3. The Labute approximate surface area is 120 Å². The van der Waals surface area contributed by atoms with Crippen molar-refractivity contribution in [3.05, 3.63) is 64.9 Å². The molecule has 20 heavy (non-hydrogen) atoms. The number of hydrogen-bond acceptors (Lipinski definition) is 3. The van der Waals surface area contributed by atoms with Crippen LogP contribution in [0.3, 0.4) is 0 Å². The van der Waals surface area contributed by atoms with Gasteiger partial charge in [0.2, 0.25) is 5.78 Å². The third kappa shape index (κ3) is 2.17. The minimum atomic E-state index is -0.198. The summed E-state index contributed by atoms with van der Waals surface area (Å²) in [4.78, 5) is 12.4. The maximum absolute atomic E-state index is 12.4. The lowest BCUT2D eigenvalue weighted by Gasteiger charge is -2.01. The molecule has 0 radical (unpaired) electrons. The Hall–Kier alpha value is -2.26. The first kappa shape index (κ1) is 12.8. The van der Waals surface area contributed by atoms with Crippen molar-refractivity contribution in [2.24, 2.45) is 0 Å². The van der Waals surface area contributed by atoms with Gasteiger partial charge in [0.1, 0.15) is 11.3 Å². The average molecular weight is 287 g/mol. The molecule has 2 aromatic carbocycles. The van der Waals surface area contributed by atoms with Crippen LogP contribution in [0.4, 0.5) is 0 Å². The van der Waals surface area contributed by atoms with E-state index in [0.29, 0.717) is 21.9 Å². The predicted molar refractivity (Wildman–Crippen MR) is 77.7 cm³/mol. The number of methoxy groups -OCH3 is 1. The highest BCUT2D eigenvalue weighted by Crippen LogP contribution is 2.28. The molecule has 3 rings (SSSR count). The lowest BCUT2D eigenvalue weighted by molar-refractivity contribution is 0.101. The summed E-state index contributed by atoms with van der Waals surface area (Å²) in [6.45, 7) is 0. The lowest BCUT2D eigenvalue weighted by atomic mass is 10.1. The monoisotopic (exact) mass is 286 g/mol. The molecule has 0 atom stereocenters. The molecule has 0 spiro atoms. The average Bonchev–Trinajstić information content (AvgIpc) is 2.92. The zero-order valence-electron chi connectivity index (χ0n) is 10.7. The van der Waals surface area contributed by atoms with Gasteiger partial charge >= 0.3 is 0 Å². The molecule has 0 aliphatic rings. The van der Waals surface area contributed by atoms with Gasteiger partial charge in [0.25, 0.3) is 0 Å². The normalized spacial score (nSPS) is 10.7. The first-order chi connectivity index (χ1) is 9.69. The zero-order valence-corrected chi connectivity index (χ0v) is 11.5. The molecule has 0 saturated heterocycles. The minimum absolute atomic E-state index is 0.198. The first-order valence-electron chi connectivity index (χ1n) is 6.06. The van der Waals surface area contributed by atoms with Crippen molar-refractivity contribution >= 4 is 28.4 Å². The first-order valence-corrected chi connectivity index (χ1v) is 6.43. The predicted octanol–water partition coefficient (Wildman–Crippen LogP) is 4.33. The van der Waals surface area contributed by atoms with Crippen molar-refractivity contribution in [1.29, 1.82) is 0 Å². The van der Waals surface area contributed by atoms with E-state index in [0.717, 1.165) is 5.39 Å². The van der Waals surface area contributed by atoms with E-state index in [4.69, 9.17) is 20.8 Å². The van der Waals surface area contributed by atoms with Crippen LogP contribution in [0.2, 0.25) is 5.02 Å². The SMILES string of the molecule is COc1cccc(C(=O)c2cc3c(Cl)cccc3o2)c1. The minimum Gasteiger partial charge on any atom is -0.497 e. The molecule has 100 valence electrons. The molecule has 0 aliphatic heterocycles. The number of ketones is 1. The van der Waals surface area contributed by atoms with Crippen molar-refractivity contribution in [3.8, 4) is 5.75 Å². The summed E-state index contributed by atoms with van der Waals surface area (Å²) in [6.07, 6.45) is 0. The summed E-state index contributed by atoms with van der Waals surface area (Å²) in [5, 5.41) is 1.30. The summed E-state index contributed by atoms with van der Waals surface area (Å²) >= 11 is 6.08. The third-order valence-corrected chi connectivity index (χ3v) is 3.39. The van der Waals surface area contributed by atoms with Crippen LogP contribution < -0.4 is 4.74 Å². The molecular weight excluding hydrogens is 276 g/mol. The van der Waals surface area contributed by atoms with Crippen LogP contribution in [0.15, 0.2) is 52.9 Å². The molecule has 4 heteroatoms. The number of fused-ring (bicyclic) bond motifs is 1. The molecule has 3 aromatic rings. The van der Waals surface area contributed by atoms with Crippen LogP contribution in [-0.4, -0.2) is 12.9 Å². The fraction of sp³-hybridized carbons (Fsp3) is 0.0625. The van der Waals surface area contributed by atoms with Gasteiger partial charge in [0.15, 0.2) is 5.76 Å². The molecule has 3 nitrogen and oxygen atoms in total. The van der Waals surface area contributed by atoms with Crippen LogP contribution in [-0.2, 0) is 0 Å². The quantitative estimate of drug-likeness (QED) is 0.673. The number of halogens is 1. The van der Waals surface area contributed by atoms with Crippen molar-refractivity contribution < 1.29 is 13.9 Å².